The summed E-state index contributed by atoms with van der Waals surface area (Å²) < 4.78 is 31.3. The van der Waals surface area contributed by atoms with Crippen molar-refractivity contribution in [1.82, 2.24) is 4.72 Å². The molecule has 19 heavy (non-hydrogen) atoms. The van der Waals surface area contributed by atoms with E-state index in [-0.39, 0.29) is 11.7 Å². The number of methoxy groups -OCH3 is 1. The second-order valence-corrected chi connectivity index (χ2v) is 6.50. The van der Waals surface area contributed by atoms with Gasteiger partial charge < -0.3 is 10.5 Å². The molecule has 108 valence electrons. The maximum absolute atomic E-state index is 11.9. The van der Waals surface area contributed by atoms with Gasteiger partial charge in [-0.05, 0) is 17.0 Å². The lowest BCUT2D eigenvalue weighted by Gasteiger charge is -2.12. The van der Waals surface area contributed by atoms with E-state index in [2.05, 4.69) is 4.72 Å². The van der Waals surface area contributed by atoms with Crippen LogP contribution in [0.3, 0.4) is 0 Å². The summed E-state index contributed by atoms with van der Waals surface area (Å²) in [5, 5.41) is 0. The molecule has 1 aromatic carbocycles. The predicted octanol–water partition coefficient (Wildman–Crippen LogP) is 0.847. The lowest BCUT2D eigenvalue weighted by molar-refractivity contribution is 0.161. The molecule has 0 aliphatic rings. The van der Waals surface area contributed by atoms with Gasteiger partial charge in [0.2, 0.25) is 10.0 Å². The summed E-state index contributed by atoms with van der Waals surface area (Å²) in [7, 11) is -1.70. The minimum Gasteiger partial charge on any atom is -0.384 e. The van der Waals surface area contributed by atoms with Crippen LogP contribution in [-0.4, -0.2) is 28.7 Å². The third-order valence-electron chi connectivity index (χ3n) is 2.72. The molecule has 0 saturated heterocycles. The molecule has 0 saturated carbocycles. The SMILES string of the molecule is COCC(C)CNS(=O)(=O)Cc1ccc(CN)cc1. The van der Waals surface area contributed by atoms with Gasteiger partial charge in [0.1, 0.15) is 0 Å². The first-order valence-corrected chi connectivity index (χ1v) is 7.86. The van der Waals surface area contributed by atoms with Gasteiger partial charge >= 0.3 is 0 Å². The van der Waals surface area contributed by atoms with Crippen LogP contribution in [-0.2, 0) is 27.1 Å². The predicted molar refractivity (Wildman–Crippen MR) is 76.0 cm³/mol. The van der Waals surface area contributed by atoms with Crippen LogP contribution in [0.5, 0.6) is 0 Å². The first-order chi connectivity index (χ1) is 8.96. The zero-order valence-corrected chi connectivity index (χ0v) is 12.2. The Bertz CT molecular complexity index is 471. The van der Waals surface area contributed by atoms with Gasteiger partial charge in [-0.1, -0.05) is 31.2 Å². The van der Waals surface area contributed by atoms with Crippen molar-refractivity contribution in [1.29, 1.82) is 0 Å². The summed E-state index contributed by atoms with van der Waals surface area (Å²) in [5.41, 5.74) is 7.24. The number of hydrogen-bond acceptors (Lipinski definition) is 4. The Balaban J connectivity index is 2.53. The highest BCUT2D eigenvalue weighted by atomic mass is 32.2. The van der Waals surface area contributed by atoms with Crippen LogP contribution in [0.2, 0.25) is 0 Å². The molecule has 6 heteroatoms. The van der Waals surface area contributed by atoms with Crippen molar-refractivity contribution >= 4 is 10.0 Å². The second kappa shape index (κ2) is 7.59. The molecule has 3 N–H and O–H groups in total. The van der Waals surface area contributed by atoms with Crippen molar-refractivity contribution in [2.24, 2.45) is 11.7 Å². The van der Waals surface area contributed by atoms with E-state index in [1.54, 1.807) is 19.2 Å². The van der Waals surface area contributed by atoms with E-state index in [0.29, 0.717) is 19.7 Å². The van der Waals surface area contributed by atoms with E-state index in [4.69, 9.17) is 10.5 Å². The number of ether oxygens (including phenoxy) is 1. The minimum atomic E-state index is -3.30. The average molecular weight is 286 g/mol. The molecule has 1 atom stereocenters. The van der Waals surface area contributed by atoms with E-state index in [1.165, 1.54) is 0 Å². The highest BCUT2D eigenvalue weighted by molar-refractivity contribution is 7.88. The summed E-state index contributed by atoms with van der Waals surface area (Å²) in [4.78, 5) is 0. The van der Waals surface area contributed by atoms with Gasteiger partial charge in [-0.25, -0.2) is 13.1 Å². The van der Waals surface area contributed by atoms with Crippen molar-refractivity contribution < 1.29 is 13.2 Å². The van der Waals surface area contributed by atoms with Gasteiger partial charge in [-0.3, -0.25) is 0 Å². The van der Waals surface area contributed by atoms with E-state index >= 15 is 0 Å². The second-order valence-electron chi connectivity index (χ2n) is 4.69. The van der Waals surface area contributed by atoms with Crippen LogP contribution in [0.15, 0.2) is 24.3 Å². The number of nitrogens with two attached hydrogens (primary N) is 1. The Morgan fingerprint density at radius 1 is 1.26 bits per heavy atom. The Hall–Kier alpha value is -0.950. The Morgan fingerprint density at radius 3 is 2.37 bits per heavy atom. The first kappa shape index (κ1) is 16.1. The molecule has 1 unspecified atom stereocenters. The number of hydrogen-bond donors (Lipinski definition) is 2. The molecule has 0 aromatic heterocycles. The topological polar surface area (TPSA) is 81.4 Å². The normalized spacial score (nSPS) is 13.4. The molecular weight excluding hydrogens is 264 g/mol. The van der Waals surface area contributed by atoms with Gasteiger partial charge in [-0.2, -0.15) is 0 Å². The van der Waals surface area contributed by atoms with Crippen LogP contribution >= 0.6 is 0 Å². The minimum absolute atomic E-state index is 0.0163. The molecule has 0 radical (unpaired) electrons. The molecule has 0 amide bonds. The largest absolute Gasteiger partial charge is 0.384 e. The molecular formula is C13H22N2O3S. The van der Waals surface area contributed by atoms with Gasteiger partial charge in [0.05, 0.1) is 5.75 Å². The van der Waals surface area contributed by atoms with E-state index < -0.39 is 10.0 Å². The zero-order valence-electron chi connectivity index (χ0n) is 11.4. The molecule has 0 aliphatic carbocycles. The van der Waals surface area contributed by atoms with Crippen molar-refractivity contribution in [2.75, 3.05) is 20.3 Å². The summed E-state index contributed by atoms with van der Waals surface area (Å²) in [6.45, 7) is 3.31. The zero-order chi connectivity index (χ0) is 14.3. The quantitative estimate of drug-likeness (QED) is 0.742. The molecule has 0 bridgehead atoms. The van der Waals surface area contributed by atoms with Gasteiger partial charge in [0, 0.05) is 26.8 Å². The monoisotopic (exact) mass is 286 g/mol. The van der Waals surface area contributed by atoms with Gasteiger partial charge in [-0.15, -0.1) is 0 Å². The van der Waals surface area contributed by atoms with Crippen LogP contribution in [0.1, 0.15) is 18.1 Å². The number of nitrogens with one attached hydrogen (secondary N) is 1. The highest BCUT2D eigenvalue weighted by Gasteiger charge is 2.13. The molecule has 1 aromatic rings. The summed E-state index contributed by atoms with van der Waals surface area (Å²) in [6.07, 6.45) is 0. The Morgan fingerprint density at radius 2 is 1.84 bits per heavy atom. The lowest BCUT2D eigenvalue weighted by Crippen LogP contribution is -2.31. The van der Waals surface area contributed by atoms with Crippen molar-refractivity contribution in [3.8, 4) is 0 Å². The smallest absolute Gasteiger partial charge is 0.215 e. The third-order valence-corrected chi connectivity index (χ3v) is 4.04. The fourth-order valence-electron chi connectivity index (χ4n) is 1.65. The van der Waals surface area contributed by atoms with E-state index in [0.717, 1.165) is 11.1 Å². The number of sulfonamides is 1. The molecule has 5 nitrogen and oxygen atoms in total. The average Bonchev–Trinajstić information content (AvgIpc) is 2.37. The molecule has 0 spiro atoms. The molecule has 0 aliphatic heterocycles. The van der Waals surface area contributed by atoms with E-state index in [1.807, 2.05) is 19.1 Å². The highest BCUT2D eigenvalue weighted by Crippen LogP contribution is 2.07. The standard InChI is InChI=1S/C13H22N2O3S/c1-11(9-18-2)8-15-19(16,17)10-13-5-3-12(7-14)4-6-13/h3-6,11,15H,7-10,14H2,1-2H3. The van der Waals surface area contributed by atoms with Crippen LogP contribution in [0, 0.1) is 5.92 Å². The molecule has 0 heterocycles. The summed E-state index contributed by atoms with van der Waals surface area (Å²) in [6, 6.07) is 7.27. The number of benzene rings is 1. The van der Waals surface area contributed by atoms with Crippen LogP contribution in [0.25, 0.3) is 0 Å². The molecule has 0 fully saturated rings. The Labute approximate surface area is 115 Å². The maximum atomic E-state index is 11.9. The third kappa shape index (κ3) is 6.15. The lowest BCUT2D eigenvalue weighted by atomic mass is 10.1. The Kier molecular flexibility index (Phi) is 6.44. The summed E-state index contributed by atoms with van der Waals surface area (Å²) >= 11 is 0. The fraction of sp³-hybridized carbons (Fsp3) is 0.538. The van der Waals surface area contributed by atoms with E-state index in [9.17, 15) is 8.42 Å². The van der Waals surface area contributed by atoms with Crippen molar-refractivity contribution in [3.63, 3.8) is 0 Å². The van der Waals surface area contributed by atoms with Gasteiger partial charge in [0.15, 0.2) is 0 Å². The fourth-order valence-corrected chi connectivity index (χ4v) is 2.93. The molecule has 1 rings (SSSR count). The van der Waals surface area contributed by atoms with Crippen LogP contribution in [0.4, 0.5) is 0 Å². The first-order valence-electron chi connectivity index (χ1n) is 6.21. The summed E-state index contributed by atoms with van der Waals surface area (Å²) in [5.74, 6) is 0.136. The van der Waals surface area contributed by atoms with Gasteiger partial charge in [0.25, 0.3) is 0 Å². The van der Waals surface area contributed by atoms with Crippen molar-refractivity contribution in [2.45, 2.75) is 19.2 Å². The number of rotatable bonds is 8. The van der Waals surface area contributed by atoms with Crippen molar-refractivity contribution in [3.05, 3.63) is 35.4 Å². The maximum Gasteiger partial charge on any atom is 0.215 e. The van der Waals surface area contributed by atoms with Crippen LogP contribution < -0.4 is 10.5 Å².